The lowest BCUT2D eigenvalue weighted by Crippen LogP contribution is -2.34. The third-order valence-corrected chi connectivity index (χ3v) is 3.92. The predicted octanol–water partition coefficient (Wildman–Crippen LogP) is 4.20. The number of amides is 2. The van der Waals surface area contributed by atoms with E-state index < -0.39 is 5.41 Å². The van der Waals surface area contributed by atoms with Gasteiger partial charge in [-0.15, -0.1) is 0 Å². The number of benzene rings is 2. The summed E-state index contributed by atoms with van der Waals surface area (Å²) in [5.41, 5.74) is 1.28. The van der Waals surface area contributed by atoms with Crippen LogP contribution in [0.1, 0.15) is 38.1 Å². The molecule has 0 aliphatic carbocycles. The highest BCUT2D eigenvalue weighted by Gasteiger charge is 2.21. The summed E-state index contributed by atoms with van der Waals surface area (Å²) in [5.74, 6) is 0.294. The van der Waals surface area contributed by atoms with E-state index in [1.807, 2.05) is 27.7 Å². The maximum atomic E-state index is 12.3. The Morgan fingerprint density at radius 1 is 1.00 bits per heavy atom. The fraction of sp³-hybridized carbons (Fsp3) is 0.286. The van der Waals surface area contributed by atoms with Gasteiger partial charge in [0.25, 0.3) is 5.91 Å². The molecule has 148 valence electrons. The van der Waals surface area contributed by atoms with Crippen molar-refractivity contribution in [2.75, 3.05) is 17.2 Å². The molecule has 0 spiro atoms. The third kappa shape index (κ3) is 6.35. The lowest BCUT2D eigenvalue weighted by molar-refractivity contribution is -0.123. The Morgan fingerprint density at radius 2 is 1.61 bits per heavy atom. The van der Waals surface area contributed by atoms with Crippen molar-refractivity contribution >= 4 is 40.5 Å². The van der Waals surface area contributed by atoms with Gasteiger partial charge in [-0.25, -0.2) is 0 Å². The molecule has 3 N–H and O–H groups in total. The van der Waals surface area contributed by atoms with Crippen molar-refractivity contribution in [1.29, 1.82) is 0 Å². The fourth-order valence-electron chi connectivity index (χ4n) is 2.20. The summed E-state index contributed by atoms with van der Waals surface area (Å²) < 4.78 is 5.36. The Kier molecular flexibility index (Phi) is 7.12. The van der Waals surface area contributed by atoms with Crippen LogP contribution in [-0.2, 0) is 4.79 Å². The van der Waals surface area contributed by atoms with Crippen LogP contribution in [0.5, 0.6) is 5.75 Å². The van der Waals surface area contributed by atoms with Gasteiger partial charge in [-0.1, -0.05) is 26.8 Å². The summed E-state index contributed by atoms with van der Waals surface area (Å²) >= 11 is 5.21. The number of carbonyl (C=O) groups excluding carboxylic acids is 2. The number of rotatable bonds is 5. The molecule has 28 heavy (non-hydrogen) atoms. The largest absolute Gasteiger partial charge is 0.494 e. The summed E-state index contributed by atoms with van der Waals surface area (Å²) in [6.45, 7) is 7.99. The molecule has 0 fully saturated rings. The summed E-state index contributed by atoms with van der Waals surface area (Å²) in [4.78, 5) is 24.4. The van der Waals surface area contributed by atoms with Crippen molar-refractivity contribution in [3.8, 4) is 5.75 Å². The van der Waals surface area contributed by atoms with Crippen LogP contribution < -0.4 is 20.7 Å². The Bertz CT molecular complexity index is 858. The standard InChI is InChI=1S/C21H25N3O3S/c1-5-27-17-11-9-14(10-12-17)18(25)24-20(28)23-16-8-6-7-15(13-16)22-19(26)21(2,3)4/h6-13H,5H2,1-4H3,(H,22,26)(H2,23,24,25,28). The number of thiocarbonyl (C=S) groups is 1. The molecule has 0 aliphatic rings. The van der Waals surface area contributed by atoms with Crippen LogP contribution in [0.3, 0.4) is 0 Å². The highest BCUT2D eigenvalue weighted by atomic mass is 32.1. The minimum absolute atomic E-state index is 0.0870. The van der Waals surface area contributed by atoms with Gasteiger partial charge in [0.2, 0.25) is 5.91 Å². The molecule has 0 bridgehead atoms. The van der Waals surface area contributed by atoms with Gasteiger partial charge in [-0.3, -0.25) is 14.9 Å². The number of nitrogens with one attached hydrogen (secondary N) is 3. The van der Waals surface area contributed by atoms with Crippen molar-refractivity contribution in [3.05, 3.63) is 54.1 Å². The summed E-state index contributed by atoms with van der Waals surface area (Å²) in [6.07, 6.45) is 0. The van der Waals surface area contributed by atoms with Crippen LogP contribution in [0.2, 0.25) is 0 Å². The monoisotopic (exact) mass is 399 g/mol. The highest BCUT2D eigenvalue weighted by Crippen LogP contribution is 2.20. The molecule has 0 saturated carbocycles. The van der Waals surface area contributed by atoms with Crippen molar-refractivity contribution in [2.45, 2.75) is 27.7 Å². The predicted molar refractivity (Wildman–Crippen MR) is 116 cm³/mol. The third-order valence-electron chi connectivity index (χ3n) is 3.71. The Balaban J connectivity index is 1.96. The van der Waals surface area contributed by atoms with Gasteiger partial charge in [-0.05, 0) is 61.6 Å². The molecule has 0 heterocycles. The van der Waals surface area contributed by atoms with E-state index in [2.05, 4.69) is 16.0 Å². The maximum absolute atomic E-state index is 12.3. The van der Waals surface area contributed by atoms with Gasteiger partial charge in [0.15, 0.2) is 5.11 Å². The van der Waals surface area contributed by atoms with Crippen LogP contribution in [0.25, 0.3) is 0 Å². The molecule has 0 aliphatic heterocycles. The van der Waals surface area contributed by atoms with Gasteiger partial charge in [0.1, 0.15) is 5.75 Å². The van der Waals surface area contributed by atoms with Crippen LogP contribution in [0, 0.1) is 5.41 Å². The molecule has 2 aromatic carbocycles. The first-order valence-electron chi connectivity index (χ1n) is 8.96. The molecule has 0 atom stereocenters. The molecule has 2 aromatic rings. The van der Waals surface area contributed by atoms with Gasteiger partial charge in [0, 0.05) is 22.4 Å². The number of carbonyl (C=O) groups is 2. The molecule has 0 saturated heterocycles. The fourth-order valence-corrected chi connectivity index (χ4v) is 2.41. The second-order valence-electron chi connectivity index (χ2n) is 7.15. The van der Waals surface area contributed by atoms with Crippen LogP contribution in [-0.4, -0.2) is 23.5 Å². The molecule has 6 nitrogen and oxygen atoms in total. The topological polar surface area (TPSA) is 79.5 Å². The Labute approximate surface area is 170 Å². The van der Waals surface area contributed by atoms with Crippen LogP contribution in [0.4, 0.5) is 11.4 Å². The maximum Gasteiger partial charge on any atom is 0.257 e. The molecule has 0 aromatic heterocycles. The van der Waals surface area contributed by atoms with Gasteiger partial charge in [0.05, 0.1) is 6.61 Å². The number of hydrogen-bond donors (Lipinski definition) is 3. The van der Waals surface area contributed by atoms with Crippen LogP contribution in [0.15, 0.2) is 48.5 Å². The number of hydrogen-bond acceptors (Lipinski definition) is 4. The van der Waals surface area contributed by atoms with E-state index in [9.17, 15) is 9.59 Å². The van der Waals surface area contributed by atoms with Gasteiger partial charge < -0.3 is 15.4 Å². The normalized spacial score (nSPS) is 10.7. The number of ether oxygens (including phenoxy) is 1. The lowest BCUT2D eigenvalue weighted by Gasteiger charge is -2.18. The second kappa shape index (κ2) is 9.32. The minimum Gasteiger partial charge on any atom is -0.494 e. The summed E-state index contributed by atoms with van der Waals surface area (Å²) in [6, 6.07) is 13.9. The second-order valence-corrected chi connectivity index (χ2v) is 7.56. The summed E-state index contributed by atoms with van der Waals surface area (Å²) in [5, 5.41) is 8.61. The van der Waals surface area contributed by atoms with E-state index in [1.165, 1.54) is 0 Å². The SMILES string of the molecule is CCOc1ccc(C(=O)NC(=S)Nc2cccc(NC(=O)C(C)(C)C)c2)cc1. The van der Waals surface area contributed by atoms with Crippen molar-refractivity contribution in [3.63, 3.8) is 0 Å². The first kappa shape index (κ1) is 21.4. The smallest absolute Gasteiger partial charge is 0.257 e. The molecule has 2 amide bonds. The van der Waals surface area contributed by atoms with E-state index in [1.54, 1.807) is 48.5 Å². The zero-order valence-electron chi connectivity index (χ0n) is 16.5. The zero-order chi connectivity index (χ0) is 20.7. The Hall–Kier alpha value is -2.93. The average Bonchev–Trinajstić information content (AvgIpc) is 2.62. The first-order valence-corrected chi connectivity index (χ1v) is 9.36. The van der Waals surface area contributed by atoms with Crippen molar-refractivity contribution in [2.24, 2.45) is 5.41 Å². The van der Waals surface area contributed by atoms with Crippen molar-refractivity contribution in [1.82, 2.24) is 5.32 Å². The van der Waals surface area contributed by atoms with E-state index in [-0.39, 0.29) is 16.9 Å². The molecular formula is C21H25N3O3S. The highest BCUT2D eigenvalue weighted by molar-refractivity contribution is 7.80. The molecule has 7 heteroatoms. The van der Waals surface area contributed by atoms with Crippen LogP contribution >= 0.6 is 12.2 Å². The first-order chi connectivity index (χ1) is 13.2. The minimum atomic E-state index is -0.496. The molecule has 0 unspecified atom stereocenters. The summed E-state index contributed by atoms with van der Waals surface area (Å²) in [7, 11) is 0. The van der Waals surface area contributed by atoms with E-state index >= 15 is 0 Å². The quantitative estimate of drug-likeness (QED) is 0.657. The van der Waals surface area contributed by atoms with E-state index in [0.29, 0.717) is 29.3 Å². The molecule has 2 rings (SSSR count). The molecule has 0 radical (unpaired) electrons. The van der Waals surface area contributed by atoms with Crippen molar-refractivity contribution < 1.29 is 14.3 Å². The lowest BCUT2D eigenvalue weighted by atomic mass is 9.95. The van der Waals surface area contributed by atoms with Gasteiger partial charge >= 0.3 is 0 Å². The number of anilines is 2. The average molecular weight is 400 g/mol. The zero-order valence-corrected chi connectivity index (χ0v) is 17.3. The van der Waals surface area contributed by atoms with E-state index in [0.717, 1.165) is 0 Å². The van der Waals surface area contributed by atoms with Gasteiger partial charge in [-0.2, -0.15) is 0 Å². The molecular weight excluding hydrogens is 374 g/mol. The Morgan fingerprint density at radius 3 is 2.18 bits per heavy atom. The van der Waals surface area contributed by atoms with E-state index in [4.69, 9.17) is 17.0 Å².